The number of nitrogens with zero attached hydrogens (tertiary/aromatic N) is 2. The smallest absolute Gasteiger partial charge is 0.185 e. The van der Waals surface area contributed by atoms with E-state index in [0.29, 0.717) is 17.9 Å². The lowest BCUT2D eigenvalue weighted by atomic mass is 9.44. The molecule has 4 aliphatic rings. The van der Waals surface area contributed by atoms with Crippen LogP contribution in [0.15, 0.2) is 10.3 Å². The quantitative estimate of drug-likeness (QED) is 0.179. The van der Waals surface area contributed by atoms with Crippen LogP contribution in [0.2, 0.25) is 39.3 Å². The van der Waals surface area contributed by atoms with Crippen LogP contribution in [0, 0.1) is 34.5 Å². The number of fused-ring (bicyclic) bond motifs is 5. The zero-order valence-electron chi connectivity index (χ0n) is 25.4. The Kier molecular flexibility index (Phi) is 8.20. The van der Waals surface area contributed by atoms with Crippen molar-refractivity contribution in [2.75, 3.05) is 20.8 Å². The van der Waals surface area contributed by atoms with Gasteiger partial charge in [-0.2, -0.15) is 0 Å². The van der Waals surface area contributed by atoms with Crippen LogP contribution in [0.4, 0.5) is 0 Å². The highest BCUT2D eigenvalue weighted by Gasteiger charge is 2.67. The third kappa shape index (κ3) is 5.38. The molecule has 0 saturated heterocycles. The van der Waals surface area contributed by atoms with Gasteiger partial charge in [0, 0.05) is 5.41 Å². The van der Waals surface area contributed by atoms with Crippen molar-refractivity contribution < 1.29 is 18.5 Å². The molecule has 4 saturated carbocycles. The zero-order valence-corrected chi connectivity index (χ0v) is 27.4. The van der Waals surface area contributed by atoms with Crippen molar-refractivity contribution >= 4 is 28.1 Å². The Balaban J connectivity index is 1.68. The number of hydrogen-bond donors (Lipinski definition) is 0. The van der Waals surface area contributed by atoms with Crippen molar-refractivity contribution in [1.82, 2.24) is 0 Å². The van der Waals surface area contributed by atoms with Crippen molar-refractivity contribution in [1.29, 1.82) is 0 Å². The second-order valence-corrected chi connectivity index (χ2v) is 23.8. The highest BCUT2D eigenvalue weighted by Crippen LogP contribution is 2.69. The largest absolute Gasteiger partial charge is 0.412 e. The molecule has 0 aromatic rings. The minimum Gasteiger partial charge on any atom is -0.412 e. The van der Waals surface area contributed by atoms with Gasteiger partial charge in [0.2, 0.25) is 0 Å². The first kappa shape index (κ1) is 29.3. The molecular formula is C29H54N2O4Si2. The van der Waals surface area contributed by atoms with Gasteiger partial charge in [-0.1, -0.05) is 24.2 Å². The normalized spacial score (nSPS) is 41.7. The topological polar surface area (TPSA) is 61.6 Å². The molecule has 8 heteroatoms. The maximum Gasteiger partial charge on any atom is 0.185 e. The zero-order chi connectivity index (χ0) is 27.3. The second-order valence-electron chi connectivity index (χ2n) is 14.9. The summed E-state index contributed by atoms with van der Waals surface area (Å²) in [5.74, 6) is 2.94. The summed E-state index contributed by atoms with van der Waals surface area (Å²) < 4.78 is 13.8. The van der Waals surface area contributed by atoms with Crippen LogP contribution in [0.25, 0.3) is 0 Å². The fraction of sp³-hybridized carbons (Fsp3) is 0.931. The maximum absolute atomic E-state index is 7.33. The third-order valence-corrected chi connectivity index (χ3v) is 12.6. The number of oxime groups is 2. The Labute approximate surface area is 228 Å². The molecule has 37 heavy (non-hydrogen) atoms. The van der Waals surface area contributed by atoms with Crippen LogP contribution >= 0.6 is 0 Å². The molecule has 0 amide bonds. The molecule has 212 valence electrons. The molecular weight excluding hydrogens is 497 g/mol. The van der Waals surface area contributed by atoms with E-state index >= 15 is 0 Å². The van der Waals surface area contributed by atoms with Crippen molar-refractivity contribution in [2.45, 2.75) is 117 Å². The number of rotatable bonds is 8. The monoisotopic (exact) mass is 550 g/mol. The van der Waals surface area contributed by atoms with E-state index in [0.717, 1.165) is 42.7 Å². The number of hydrogen-bond acceptors (Lipinski definition) is 6. The van der Waals surface area contributed by atoms with Crippen LogP contribution < -0.4 is 0 Å². The van der Waals surface area contributed by atoms with Gasteiger partial charge in [-0.25, -0.2) is 0 Å². The van der Waals surface area contributed by atoms with Crippen molar-refractivity contribution in [2.24, 2.45) is 44.8 Å². The van der Waals surface area contributed by atoms with E-state index in [1.807, 2.05) is 0 Å². The van der Waals surface area contributed by atoms with E-state index in [9.17, 15) is 0 Å². The Bertz CT molecular complexity index is 897. The summed E-state index contributed by atoms with van der Waals surface area (Å²) in [6.45, 7) is 19.4. The van der Waals surface area contributed by atoms with Gasteiger partial charge in [0.1, 0.15) is 25.5 Å². The van der Waals surface area contributed by atoms with E-state index in [1.54, 1.807) is 14.2 Å². The molecule has 4 fully saturated rings. The van der Waals surface area contributed by atoms with Gasteiger partial charge in [-0.15, -0.1) is 0 Å². The van der Waals surface area contributed by atoms with E-state index < -0.39 is 22.2 Å². The van der Waals surface area contributed by atoms with Gasteiger partial charge in [-0.05, 0) is 126 Å². The average molecular weight is 551 g/mol. The summed E-state index contributed by atoms with van der Waals surface area (Å²) in [7, 11) is -0.260. The molecule has 6 nitrogen and oxygen atoms in total. The van der Waals surface area contributed by atoms with Crippen LogP contribution in [0.5, 0.6) is 0 Å². The Hall–Kier alpha value is -0.706. The SMILES string of the molecule is CO/N=C1/CC[C@@]2(C)C(CC[C@@H]3[C@@H]2CC[C@@]2(C)[C@H]3CC[C@]2(O[Si](C)(C)C)/C(CO[Si](C)(C)C)=N/OC)C1. The maximum atomic E-state index is 7.33. The lowest BCUT2D eigenvalue weighted by Gasteiger charge is -2.62. The molecule has 0 heterocycles. The Morgan fingerprint density at radius 3 is 2.19 bits per heavy atom. The Morgan fingerprint density at radius 1 is 0.865 bits per heavy atom. The molecule has 4 rings (SSSR count). The Morgan fingerprint density at radius 2 is 1.57 bits per heavy atom. The van der Waals surface area contributed by atoms with Crippen LogP contribution in [0.1, 0.15) is 71.6 Å². The predicted octanol–water partition coefficient (Wildman–Crippen LogP) is 7.48. The highest BCUT2D eigenvalue weighted by atomic mass is 28.4. The van der Waals surface area contributed by atoms with Gasteiger partial charge in [0.15, 0.2) is 16.6 Å². The minimum absolute atomic E-state index is 0.0507. The molecule has 0 spiro atoms. The summed E-state index contributed by atoms with van der Waals surface area (Å²) in [6.07, 6.45) is 10.8. The van der Waals surface area contributed by atoms with Gasteiger partial charge < -0.3 is 18.5 Å². The van der Waals surface area contributed by atoms with Gasteiger partial charge in [0.25, 0.3) is 0 Å². The summed E-state index contributed by atoms with van der Waals surface area (Å²) in [4.78, 5) is 10.7. The lowest BCUT2D eigenvalue weighted by molar-refractivity contribution is -0.122. The summed E-state index contributed by atoms with van der Waals surface area (Å²) in [6, 6.07) is 0. The first-order chi connectivity index (χ1) is 17.2. The van der Waals surface area contributed by atoms with E-state index in [4.69, 9.17) is 23.7 Å². The second kappa shape index (κ2) is 10.4. The van der Waals surface area contributed by atoms with Crippen LogP contribution in [0.3, 0.4) is 0 Å². The van der Waals surface area contributed by atoms with Crippen LogP contribution in [-0.4, -0.2) is 54.5 Å². The molecule has 4 aliphatic carbocycles. The fourth-order valence-corrected chi connectivity index (χ4v) is 11.2. The minimum atomic E-state index is -1.89. The molecule has 0 aromatic carbocycles. The third-order valence-electron chi connectivity index (χ3n) is 10.6. The first-order valence-electron chi connectivity index (χ1n) is 14.7. The van der Waals surface area contributed by atoms with Crippen molar-refractivity contribution in [3.63, 3.8) is 0 Å². The van der Waals surface area contributed by atoms with Gasteiger partial charge in [0.05, 0.1) is 12.3 Å². The molecule has 1 unspecified atom stereocenters. The van der Waals surface area contributed by atoms with E-state index in [1.165, 1.54) is 44.2 Å². The fourth-order valence-electron chi connectivity index (χ4n) is 9.11. The summed E-state index contributed by atoms with van der Waals surface area (Å²) in [5, 5.41) is 9.07. The van der Waals surface area contributed by atoms with E-state index in [2.05, 4.69) is 58.3 Å². The molecule has 0 radical (unpaired) electrons. The molecule has 0 N–H and O–H groups in total. The first-order valence-corrected chi connectivity index (χ1v) is 21.5. The predicted molar refractivity (Wildman–Crippen MR) is 157 cm³/mol. The summed E-state index contributed by atoms with van der Waals surface area (Å²) in [5.41, 5.74) is 2.34. The molecule has 0 bridgehead atoms. The van der Waals surface area contributed by atoms with Gasteiger partial charge in [-0.3, -0.25) is 0 Å². The standard InChI is InChI=1S/C29H54N2O4Si2/c1-27-16-13-22(30-32-3)19-21(27)11-12-23-24(27)14-17-28(2)25(23)15-18-29(28,35-37(8,9)10)26(31-33-4)20-34-36(5,6)7/h21,23-25H,11-20H2,1-10H3/b30-22-,31-26+/t21?,23-,24+,25+,27+,28+,29+/m1/s1. The highest BCUT2D eigenvalue weighted by molar-refractivity contribution is 6.70. The molecule has 0 aliphatic heterocycles. The van der Waals surface area contributed by atoms with E-state index in [-0.39, 0.29) is 5.41 Å². The van der Waals surface area contributed by atoms with Gasteiger partial charge >= 0.3 is 0 Å². The van der Waals surface area contributed by atoms with Crippen molar-refractivity contribution in [3.05, 3.63) is 0 Å². The van der Waals surface area contributed by atoms with Crippen molar-refractivity contribution in [3.8, 4) is 0 Å². The molecule has 0 aromatic heterocycles. The average Bonchev–Trinajstić information content (AvgIpc) is 3.08. The summed E-state index contributed by atoms with van der Waals surface area (Å²) >= 11 is 0. The lowest BCUT2D eigenvalue weighted by Crippen LogP contribution is -2.62. The molecule has 7 atom stereocenters. The van der Waals surface area contributed by atoms with Crippen LogP contribution in [-0.2, 0) is 18.5 Å².